The highest BCUT2D eigenvalue weighted by molar-refractivity contribution is 7.10. The van der Waals surface area contributed by atoms with Gasteiger partial charge in [-0.15, -0.1) is 11.3 Å². The molecular weight excluding hydrogens is 218 g/mol. The standard InChI is InChI=1S/C13H17NOS/c1-8-16-11-10(1)13(4-6-14-7-5-13)15-9-12(11)2-3-12/h1,8,14H,2-7,9H2. The first-order chi connectivity index (χ1) is 7.85. The summed E-state index contributed by atoms with van der Waals surface area (Å²) in [5.74, 6) is 0. The molecule has 1 saturated carbocycles. The zero-order chi connectivity index (χ0) is 10.6. The fourth-order valence-electron chi connectivity index (χ4n) is 3.26. The van der Waals surface area contributed by atoms with Crippen molar-refractivity contribution in [2.45, 2.75) is 36.7 Å². The molecule has 1 aromatic heterocycles. The Morgan fingerprint density at radius 3 is 2.75 bits per heavy atom. The van der Waals surface area contributed by atoms with E-state index in [9.17, 15) is 0 Å². The van der Waals surface area contributed by atoms with Gasteiger partial charge in [-0.3, -0.25) is 0 Å². The Hall–Kier alpha value is -0.380. The maximum absolute atomic E-state index is 6.34. The normalized spacial score (nSPS) is 29.2. The molecule has 4 rings (SSSR count). The monoisotopic (exact) mass is 235 g/mol. The van der Waals surface area contributed by atoms with Crippen molar-refractivity contribution in [1.82, 2.24) is 5.32 Å². The first-order valence-corrected chi connectivity index (χ1v) is 7.16. The Morgan fingerprint density at radius 2 is 2.00 bits per heavy atom. The average molecular weight is 235 g/mol. The Labute approximate surface area is 100 Å². The van der Waals surface area contributed by atoms with Crippen LogP contribution in [0.2, 0.25) is 0 Å². The first kappa shape index (κ1) is 9.63. The molecule has 1 aromatic rings. The molecule has 0 bridgehead atoms. The van der Waals surface area contributed by atoms with E-state index >= 15 is 0 Å². The molecule has 2 aliphatic heterocycles. The van der Waals surface area contributed by atoms with Crippen LogP contribution in [0.4, 0.5) is 0 Å². The van der Waals surface area contributed by atoms with Gasteiger partial charge in [0.05, 0.1) is 12.2 Å². The highest BCUT2D eigenvalue weighted by atomic mass is 32.1. The van der Waals surface area contributed by atoms with Crippen LogP contribution in [-0.4, -0.2) is 19.7 Å². The minimum absolute atomic E-state index is 0.0639. The van der Waals surface area contributed by atoms with Crippen molar-refractivity contribution in [3.63, 3.8) is 0 Å². The van der Waals surface area contributed by atoms with Crippen molar-refractivity contribution in [3.8, 4) is 0 Å². The Balaban J connectivity index is 1.81. The van der Waals surface area contributed by atoms with E-state index in [1.165, 1.54) is 18.4 Å². The van der Waals surface area contributed by atoms with Gasteiger partial charge in [-0.25, -0.2) is 0 Å². The molecule has 1 N–H and O–H groups in total. The molecule has 1 aliphatic carbocycles. The van der Waals surface area contributed by atoms with E-state index in [4.69, 9.17) is 4.74 Å². The molecular formula is C13H17NOS. The van der Waals surface area contributed by atoms with Gasteiger partial charge >= 0.3 is 0 Å². The summed E-state index contributed by atoms with van der Waals surface area (Å²) in [7, 11) is 0. The Morgan fingerprint density at radius 1 is 1.19 bits per heavy atom. The summed E-state index contributed by atoms with van der Waals surface area (Å²) in [6.07, 6.45) is 4.98. The van der Waals surface area contributed by atoms with E-state index in [2.05, 4.69) is 16.8 Å². The number of ether oxygens (including phenoxy) is 1. The lowest BCUT2D eigenvalue weighted by atomic mass is 9.80. The number of hydrogen-bond donors (Lipinski definition) is 1. The molecule has 0 atom stereocenters. The van der Waals surface area contributed by atoms with E-state index in [0.717, 1.165) is 32.5 Å². The lowest BCUT2D eigenvalue weighted by molar-refractivity contribution is -0.0917. The van der Waals surface area contributed by atoms with Crippen LogP contribution in [-0.2, 0) is 15.8 Å². The Kier molecular flexibility index (Phi) is 1.86. The van der Waals surface area contributed by atoms with Crippen LogP contribution in [0, 0.1) is 0 Å². The molecule has 0 amide bonds. The SMILES string of the molecule is c1cc2c(s1)C1(CC1)COC21CCNCC1. The van der Waals surface area contributed by atoms with E-state index in [1.807, 2.05) is 11.3 Å². The predicted molar refractivity (Wildman–Crippen MR) is 65.0 cm³/mol. The second kappa shape index (κ2) is 3.09. The van der Waals surface area contributed by atoms with Crippen molar-refractivity contribution >= 4 is 11.3 Å². The third-order valence-electron chi connectivity index (χ3n) is 4.53. The smallest absolute Gasteiger partial charge is 0.0966 e. The lowest BCUT2D eigenvalue weighted by Crippen LogP contribution is -2.46. The van der Waals surface area contributed by atoms with Gasteiger partial charge in [0, 0.05) is 10.3 Å². The molecule has 3 heterocycles. The summed E-state index contributed by atoms with van der Waals surface area (Å²) >= 11 is 1.96. The lowest BCUT2D eigenvalue weighted by Gasteiger charge is -2.43. The largest absolute Gasteiger partial charge is 0.369 e. The molecule has 1 saturated heterocycles. The van der Waals surface area contributed by atoms with E-state index in [0.29, 0.717) is 5.41 Å². The quantitative estimate of drug-likeness (QED) is 0.745. The zero-order valence-corrected chi connectivity index (χ0v) is 10.2. The summed E-state index contributed by atoms with van der Waals surface area (Å²) in [6.45, 7) is 3.17. The van der Waals surface area contributed by atoms with Gasteiger partial charge in [-0.2, -0.15) is 0 Å². The number of thiophene rings is 1. The summed E-state index contributed by atoms with van der Waals surface area (Å²) in [6, 6.07) is 2.32. The van der Waals surface area contributed by atoms with Crippen LogP contribution >= 0.6 is 11.3 Å². The number of rotatable bonds is 0. The van der Waals surface area contributed by atoms with Gasteiger partial charge < -0.3 is 10.1 Å². The van der Waals surface area contributed by atoms with Gasteiger partial charge in [0.15, 0.2) is 0 Å². The van der Waals surface area contributed by atoms with Crippen molar-refractivity contribution in [1.29, 1.82) is 0 Å². The summed E-state index contributed by atoms with van der Waals surface area (Å²) in [5, 5.41) is 5.71. The maximum atomic E-state index is 6.34. The fraction of sp³-hybridized carbons (Fsp3) is 0.692. The van der Waals surface area contributed by atoms with Crippen LogP contribution in [0.1, 0.15) is 36.1 Å². The number of nitrogens with one attached hydrogen (secondary N) is 1. The average Bonchev–Trinajstić information content (AvgIpc) is 2.91. The minimum Gasteiger partial charge on any atom is -0.369 e. The third-order valence-corrected chi connectivity index (χ3v) is 5.69. The van der Waals surface area contributed by atoms with Crippen molar-refractivity contribution in [2.75, 3.05) is 19.7 Å². The van der Waals surface area contributed by atoms with Gasteiger partial charge in [-0.1, -0.05) is 0 Å². The topological polar surface area (TPSA) is 21.3 Å². The molecule has 0 radical (unpaired) electrons. The number of hydrogen-bond acceptors (Lipinski definition) is 3. The molecule has 16 heavy (non-hydrogen) atoms. The molecule has 2 fully saturated rings. The number of fused-ring (bicyclic) bond motifs is 3. The zero-order valence-electron chi connectivity index (χ0n) is 9.42. The van der Waals surface area contributed by atoms with E-state index < -0.39 is 0 Å². The van der Waals surface area contributed by atoms with Crippen LogP contribution in [0.3, 0.4) is 0 Å². The van der Waals surface area contributed by atoms with Crippen LogP contribution in [0.25, 0.3) is 0 Å². The van der Waals surface area contributed by atoms with Crippen LogP contribution < -0.4 is 5.32 Å². The highest BCUT2D eigenvalue weighted by Crippen LogP contribution is 2.58. The van der Waals surface area contributed by atoms with Crippen molar-refractivity contribution in [2.24, 2.45) is 0 Å². The predicted octanol–water partition coefficient (Wildman–Crippen LogP) is 2.39. The molecule has 3 heteroatoms. The molecule has 3 aliphatic rings. The minimum atomic E-state index is 0.0639. The second-order valence-electron chi connectivity index (χ2n) is 5.48. The Bertz CT molecular complexity index is 415. The summed E-state index contributed by atoms with van der Waals surface area (Å²) < 4.78 is 6.34. The van der Waals surface area contributed by atoms with Crippen molar-refractivity contribution in [3.05, 3.63) is 21.9 Å². The van der Waals surface area contributed by atoms with E-state index in [-0.39, 0.29) is 5.60 Å². The molecule has 0 unspecified atom stereocenters. The van der Waals surface area contributed by atoms with Crippen LogP contribution in [0.15, 0.2) is 11.4 Å². The molecule has 2 nitrogen and oxygen atoms in total. The van der Waals surface area contributed by atoms with Crippen molar-refractivity contribution < 1.29 is 4.74 Å². The van der Waals surface area contributed by atoms with E-state index in [1.54, 1.807) is 4.88 Å². The van der Waals surface area contributed by atoms with Gasteiger partial charge in [-0.05, 0) is 55.8 Å². The fourth-order valence-corrected chi connectivity index (χ4v) is 4.50. The van der Waals surface area contributed by atoms with Gasteiger partial charge in [0.25, 0.3) is 0 Å². The molecule has 0 aromatic carbocycles. The highest BCUT2D eigenvalue weighted by Gasteiger charge is 2.54. The third kappa shape index (κ3) is 1.14. The molecule has 2 spiro atoms. The molecule has 86 valence electrons. The number of piperidine rings is 1. The summed E-state index contributed by atoms with van der Waals surface area (Å²) in [5.41, 5.74) is 2.04. The van der Waals surface area contributed by atoms with Gasteiger partial charge in [0.1, 0.15) is 0 Å². The van der Waals surface area contributed by atoms with Crippen LogP contribution in [0.5, 0.6) is 0 Å². The first-order valence-electron chi connectivity index (χ1n) is 6.28. The summed E-state index contributed by atoms with van der Waals surface area (Å²) in [4.78, 5) is 1.65. The second-order valence-corrected chi connectivity index (χ2v) is 6.39. The van der Waals surface area contributed by atoms with Gasteiger partial charge in [0.2, 0.25) is 0 Å². The maximum Gasteiger partial charge on any atom is 0.0966 e.